The third-order valence-electron chi connectivity index (χ3n) is 3.16. The molecule has 0 aromatic carbocycles. The normalized spacial score (nSPS) is 46.6. The van der Waals surface area contributed by atoms with Crippen molar-refractivity contribution in [3.63, 3.8) is 0 Å². The molecule has 2 fully saturated rings. The lowest BCUT2D eigenvalue weighted by molar-refractivity contribution is 0.0255. The number of ether oxygens (including phenoxy) is 1. The van der Waals surface area contributed by atoms with Gasteiger partial charge in [0.25, 0.3) is 0 Å². The van der Waals surface area contributed by atoms with Crippen LogP contribution in [0, 0.1) is 11.8 Å². The van der Waals surface area contributed by atoms with Gasteiger partial charge >= 0.3 is 0 Å². The minimum absolute atomic E-state index is 0.338. The first-order valence-electron chi connectivity index (χ1n) is 5.20. The van der Waals surface area contributed by atoms with Gasteiger partial charge < -0.3 is 10.1 Å². The van der Waals surface area contributed by atoms with Crippen LogP contribution in [0.3, 0.4) is 0 Å². The van der Waals surface area contributed by atoms with Crippen LogP contribution in [0.25, 0.3) is 0 Å². The zero-order chi connectivity index (χ0) is 9.31. The van der Waals surface area contributed by atoms with Gasteiger partial charge in [0.15, 0.2) is 0 Å². The maximum absolute atomic E-state index is 5.48. The Morgan fingerprint density at radius 2 is 2.31 bits per heavy atom. The Hall–Kier alpha value is 0.270. The van der Waals surface area contributed by atoms with Crippen LogP contribution >= 0.6 is 11.8 Å². The van der Waals surface area contributed by atoms with E-state index in [-0.39, 0.29) is 0 Å². The first-order chi connectivity index (χ1) is 6.23. The molecule has 1 spiro atoms. The minimum Gasteiger partial charge on any atom is -0.381 e. The molecule has 2 aliphatic heterocycles. The van der Waals surface area contributed by atoms with Gasteiger partial charge in [-0.1, -0.05) is 13.8 Å². The standard InChI is InChI=1S/C10H19NOS/c1-8-5-11-10(13-7-8)3-4-12-6-9(10)2/h8-9,11H,3-7H2,1-2H3. The van der Waals surface area contributed by atoms with Crippen LogP contribution in [-0.4, -0.2) is 30.4 Å². The Labute approximate surface area is 84.8 Å². The summed E-state index contributed by atoms with van der Waals surface area (Å²) in [6.07, 6.45) is 1.17. The topological polar surface area (TPSA) is 21.3 Å². The van der Waals surface area contributed by atoms with Crippen LogP contribution in [-0.2, 0) is 4.74 Å². The number of thioether (sulfide) groups is 1. The zero-order valence-corrected chi connectivity index (χ0v) is 9.32. The van der Waals surface area contributed by atoms with E-state index in [9.17, 15) is 0 Å². The summed E-state index contributed by atoms with van der Waals surface area (Å²) in [7, 11) is 0. The molecular weight excluding hydrogens is 182 g/mol. The Morgan fingerprint density at radius 1 is 1.46 bits per heavy atom. The molecule has 13 heavy (non-hydrogen) atoms. The van der Waals surface area contributed by atoms with Crippen molar-refractivity contribution in [3.05, 3.63) is 0 Å². The summed E-state index contributed by atoms with van der Waals surface area (Å²) in [4.78, 5) is 0.338. The molecule has 76 valence electrons. The molecule has 0 radical (unpaired) electrons. The van der Waals surface area contributed by atoms with Gasteiger partial charge in [-0.25, -0.2) is 0 Å². The summed E-state index contributed by atoms with van der Waals surface area (Å²) in [5.41, 5.74) is 0. The van der Waals surface area contributed by atoms with Gasteiger partial charge in [-0.15, -0.1) is 11.8 Å². The summed E-state index contributed by atoms with van der Waals surface area (Å²) in [6, 6.07) is 0. The highest BCUT2D eigenvalue weighted by Crippen LogP contribution is 2.40. The van der Waals surface area contributed by atoms with Crippen molar-refractivity contribution in [2.24, 2.45) is 11.8 Å². The lowest BCUT2D eigenvalue weighted by Crippen LogP contribution is -2.56. The Balaban J connectivity index is 2.01. The Bertz CT molecular complexity index is 178. The van der Waals surface area contributed by atoms with Gasteiger partial charge in [-0.05, 0) is 24.6 Å². The molecule has 0 saturated carbocycles. The number of rotatable bonds is 0. The molecular formula is C10H19NOS. The largest absolute Gasteiger partial charge is 0.381 e. The predicted octanol–water partition coefficient (Wildman–Crippen LogP) is 1.71. The number of hydrogen-bond acceptors (Lipinski definition) is 3. The zero-order valence-electron chi connectivity index (χ0n) is 8.51. The van der Waals surface area contributed by atoms with Gasteiger partial charge in [0.2, 0.25) is 0 Å². The average Bonchev–Trinajstić information content (AvgIpc) is 2.15. The van der Waals surface area contributed by atoms with Crippen molar-refractivity contribution in [3.8, 4) is 0 Å². The van der Waals surface area contributed by atoms with Crippen molar-refractivity contribution in [1.29, 1.82) is 0 Å². The SMILES string of the molecule is CC1CNC2(CCOCC2C)SC1. The Morgan fingerprint density at radius 3 is 2.92 bits per heavy atom. The quantitative estimate of drug-likeness (QED) is 0.645. The number of nitrogens with one attached hydrogen (secondary N) is 1. The van der Waals surface area contributed by atoms with Crippen LogP contribution in [0.15, 0.2) is 0 Å². The third-order valence-corrected chi connectivity index (χ3v) is 5.16. The van der Waals surface area contributed by atoms with Gasteiger partial charge in [0, 0.05) is 12.5 Å². The van der Waals surface area contributed by atoms with Gasteiger partial charge in [-0.3, -0.25) is 0 Å². The van der Waals surface area contributed by atoms with E-state index in [1.807, 2.05) is 0 Å². The molecule has 0 aromatic heterocycles. The van der Waals surface area contributed by atoms with Crippen molar-refractivity contribution in [2.75, 3.05) is 25.5 Å². The first-order valence-corrected chi connectivity index (χ1v) is 6.18. The summed E-state index contributed by atoms with van der Waals surface area (Å²) >= 11 is 2.11. The van der Waals surface area contributed by atoms with E-state index in [4.69, 9.17) is 4.74 Å². The maximum Gasteiger partial charge on any atom is 0.0715 e. The van der Waals surface area contributed by atoms with Crippen molar-refractivity contribution in [1.82, 2.24) is 5.32 Å². The molecule has 0 amide bonds. The van der Waals surface area contributed by atoms with E-state index >= 15 is 0 Å². The van der Waals surface area contributed by atoms with E-state index < -0.39 is 0 Å². The van der Waals surface area contributed by atoms with E-state index in [0.29, 0.717) is 10.8 Å². The molecule has 2 nitrogen and oxygen atoms in total. The molecule has 2 rings (SSSR count). The lowest BCUT2D eigenvalue weighted by Gasteiger charge is -2.46. The van der Waals surface area contributed by atoms with Gasteiger partial charge in [0.05, 0.1) is 11.5 Å². The second-order valence-electron chi connectivity index (χ2n) is 4.41. The maximum atomic E-state index is 5.48. The Kier molecular flexibility index (Phi) is 2.86. The van der Waals surface area contributed by atoms with Crippen LogP contribution < -0.4 is 5.32 Å². The second kappa shape index (κ2) is 3.79. The summed E-state index contributed by atoms with van der Waals surface area (Å²) in [5, 5.41) is 3.72. The van der Waals surface area contributed by atoms with Crippen LogP contribution in [0.5, 0.6) is 0 Å². The molecule has 3 atom stereocenters. The van der Waals surface area contributed by atoms with Gasteiger partial charge in [-0.2, -0.15) is 0 Å². The molecule has 3 unspecified atom stereocenters. The highest BCUT2D eigenvalue weighted by atomic mass is 32.2. The van der Waals surface area contributed by atoms with E-state index in [2.05, 4.69) is 30.9 Å². The predicted molar refractivity (Wildman–Crippen MR) is 57.0 cm³/mol. The fraction of sp³-hybridized carbons (Fsp3) is 1.00. The lowest BCUT2D eigenvalue weighted by atomic mass is 9.96. The van der Waals surface area contributed by atoms with Crippen molar-refractivity contribution in [2.45, 2.75) is 25.1 Å². The highest BCUT2D eigenvalue weighted by Gasteiger charge is 2.41. The van der Waals surface area contributed by atoms with E-state index in [1.165, 1.54) is 18.7 Å². The highest BCUT2D eigenvalue weighted by molar-refractivity contribution is 8.00. The van der Waals surface area contributed by atoms with E-state index in [0.717, 1.165) is 19.1 Å². The monoisotopic (exact) mass is 201 g/mol. The summed E-state index contributed by atoms with van der Waals surface area (Å²) in [6.45, 7) is 7.65. The van der Waals surface area contributed by atoms with Crippen LogP contribution in [0.4, 0.5) is 0 Å². The van der Waals surface area contributed by atoms with E-state index in [1.54, 1.807) is 0 Å². The third kappa shape index (κ3) is 1.88. The van der Waals surface area contributed by atoms with Crippen LogP contribution in [0.1, 0.15) is 20.3 Å². The average molecular weight is 201 g/mol. The van der Waals surface area contributed by atoms with Crippen LogP contribution in [0.2, 0.25) is 0 Å². The number of hydrogen-bond donors (Lipinski definition) is 1. The smallest absolute Gasteiger partial charge is 0.0715 e. The molecule has 2 saturated heterocycles. The molecule has 0 aliphatic carbocycles. The second-order valence-corrected chi connectivity index (χ2v) is 5.76. The van der Waals surface area contributed by atoms with Gasteiger partial charge in [0.1, 0.15) is 0 Å². The minimum atomic E-state index is 0.338. The van der Waals surface area contributed by atoms with Crippen molar-refractivity contribution < 1.29 is 4.74 Å². The fourth-order valence-corrected chi connectivity index (χ4v) is 3.56. The molecule has 0 aromatic rings. The summed E-state index contributed by atoms with van der Waals surface area (Å²) in [5.74, 6) is 2.78. The molecule has 1 N–H and O–H groups in total. The molecule has 2 heterocycles. The van der Waals surface area contributed by atoms with Crippen molar-refractivity contribution >= 4 is 11.8 Å². The summed E-state index contributed by atoms with van der Waals surface area (Å²) < 4.78 is 5.48. The molecule has 3 heteroatoms. The fourth-order valence-electron chi connectivity index (χ4n) is 2.09. The molecule has 2 aliphatic rings. The molecule has 0 bridgehead atoms. The first kappa shape index (κ1) is 9.81.